The normalized spacial score (nSPS) is 11.3. The van der Waals surface area contributed by atoms with Crippen molar-refractivity contribution in [1.29, 1.82) is 0 Å². The first-order chi connectivity index (χ1) is 12.8. The van der Waals surface area contributed by atoms with Gasteiger partial charge in [0.05, 0.1) is 5.69 Å². The molecule has 0 fully saturated rings. The van der Waals surface area contributed by atoms with E-state index in [1.807, 2.05) is 62.4 Å². The third-order valence-electron chi connectivity index (χ3n) is 4.59. The van der Waals surface area contributed by atoms with E-state index in [9.17, 15) is 9.59 Å². The van der Waals surface area contributed by atoms with Crippen LogP contribution in [0.2, 0.25) is 0 Å². The highest BCUT2D eigenvalue weighted by Gasteiger charge is 2.32. The summed E-state index contributed by atoms with van der Waals surface area (Å²) in [6, 6.07) is 18.5. The molecule has 3 aromatic rings. The Bertz CT molecular complexity index is 1040. The second-order valence-electron chi connectivity index (χ2n) is 7.17. The van der Waals surface area contributed by atoms with Crippen LogP contribution in [0.5, 0.6) is 0 Å². The molecule has 3 rings (SSSR count). The summed E-state index contributed by atoms with van der Waals surface area (Å²) in [5.41, 5.74) is 2.87. The van der Waals surface area contributed by atoms with Gasteiger partial charge in [0, 0.05) is 17.3 Å². The van der Waals surface area contributed by atoms with E-state index < -0.39 is 5.54 Å². The van der Waals surface area contributed by atoms with E-state index in [-0.39, 0.29) is 11.5 Å². The van der Waals surface area contributed by atoms with E-state index in [2.05, 4.69) is 10.4 Å². The van der Waals surface area contributed by atoms with E-state index in [1.165, 1.54) is 10.7 Å². The minimum atomic E-state index is -1.15. The van der Waals surface area contributed by atoms with Crippen molar-refractivity contribution in [2.45, 2.75) is 33.2 Å². The van der Waals surface area contributed by atoms with Gasteiger partial charge in [-0.1, -0.05) is 48.0 Å². The molecular weight excluding hydrogens is 338 g/mol. The molecule has 1 heterocycles. The Balaban J connectivity index is 1.96. The molecule has 27 heavy (non-hydrogen) atoms. The molecule has 0 atom stereocenters. The lowest BCUT2D eigenvalue weighted by Gasteiger charge is -2.26. The number of benzene rings is 2. The maximum Gasteiger partial charge on any atom is 0.267 e. The van der Waals surface area contributed by atoms with Crippen LogP contribution in [0.25, 0.3) is 11.3 Å². The summed E-state index contributed by atoms with van der Waals surface area (Å²) >= 11 is 0. The molecule has 0 unspecified atom stereocenters. The van der Waals surface area contributed by atoms with Gasteiger partial charge in [0.1, 0.15) is 5.54 Å². The van der Waals surface area contributed by atoms with Crippen molar-refractivity contribution in [1.82, 2.24) is 9.78 Å². The van der Waals surface area contributed by atoms with Crippen molar-refractivity contribution in [2.24, 2.45) is 0 Å². The smallest absolute Gasteiger partial charge is 0.267 e. The standard InChI is InChI=1S/C22H23N3O2/c1-15-10-11-18(16(2)14-15)23-21(27)22(3,4)25-20(26)13-12-19(24-25)17-8-6-5-7-9-17/h5-14H,1-4H3,(H,23,27). The largest absolute Gasteiger partial charge is 0.324 e. The third kappa shape index (κ3) is 3.82. The monoisotopic (exact) mass is 361 g/mol. The second-order valence-corrected chi connectivity index (χ2v) is 7.17. The molecule has 1 aromatic heterocycles. The van der Waals surface area contributed by atoms with Crippen LogP contribution in [0.4, 0.5) is 5.69 Å². The van der Waals surface area contributed by atoms with Gasteiger partial charge < -0.3 is 5.32 Å². The molecule has 0 spiro atoms. The first kappa shape index (κ1) is 18.6. The molecule has 1 N–H and O–H groups in total. The Kier molecular flexibility index (Phi) is 4.95. The zero-order valence-electron chi connectivity index (χ0n) is 16.0. The average molecular weight is 361 g/mol. The van der Waals surface area contributed by atoms with Crippen LogP contribution in [0.15, 0.2) is 65.5 Å². The maximum atomic E-state index is 13.0. The number of anilines is 1. The van der Waals surface area contributed by atoms with Crippen LogP contribution in [-0.4, -0.2) is 15.7 Å². The number of nitrogens with zero attached hydrogens (tertiary/aromatic N) is 2. The Morgan fingerprint density at radius 1 is 1.00 bits per heavy atom. The van der Waals surface area contributed by atoms with Gasteiger partial charge in [0.15, 0.2) is 0 Å². The summed E-state index contributed by atoms with van der Waals surface area (Å²) in [4.78, 5) is 25.4. The van der Waals surface area contributed by atoms with Crippen molar-refractivity contribution in [2.75, 3.05) is 5.32 Å². The molecule has 0 aliphatic heterocycles. The minimum absolute atomic E-state index is 0.297. The molecule has 0 radical (unpaired) electrons. The Morgan fingerprint density at radius 3 is 2.37 bits per heavy atom. The fraction of sp³-hybridized carbons (Fsp3) is 0.227. The summed E-state index contributed by atoms with van der Waals surface area (Å²) < 4.78 is 1.24. The van der Waals surface area contributed by atoms with E-state index in [1.54, 1.807) is 19.9 Å². The molecule has 0 saturated heterocycles. The molecule has 0 aliphatic rings. The fourth-order valence-corrected chi connectivity index (χ4v) is 2.90. The van der Waals surface area contributed by atoms with Gasteiger partial charge in [-0.05, 0) is 45.4 Å². The topological polar surface area (TPSA) is 64.0 Å². The predicted octanol–water partition coefficient (Wildman–Crippen LogP) is 3.90. The van der Waals surface area contributed by atoms with Gasteiger partial charge in [-0.25, -0.2) is 4.68 Å². The minimum Gasteiger partial charge on any atom is -0.324 e. The highest BCUT2D eigenvalue weighted by atomic mass is 16.2. The lowest BCUT2D eigenvalue weighted by atomic mass is 10.0. The Morgan fingerprint density at radius 2 is 1.70 bits per heavy atom. The molecular formula is C22H23N3O2. The van der Waals surface area contributed by atoms with Crippen LogP contribution in [0, 0.1) is 13.8 Å². The van der Waals surface area contributed by atoms with Crippen LogP contribution < -0.4 is 10.9 Å². The Labute approximate surface area is 158 Å². The molecule has 0 bridgehead atoms. The summed E-state index contributed by atoms with van der Waals surface area (Å²) in [6.45, 7) is 7.32. The number of nitrogens with one attached hydrogen (secondary N) is 1. The molecule has 0 aliphatic carbocycles. The highest BCUT2D eigenvalue weighted by Crippen LogP contribution is 2.21. The van der Waals surface area contributed by atoms with Gasteiger partial charge in [-0.15, -0.1) is 0 Å². The molecule has 2 aromatic carbocycles. The van der Waals surface area contributed by atoms with Crippen LogP contribution in [0.3, 0.4) is 0 Å². The lowest BCUT2D eigenvalue weighted by Crippen LogP contribution is -2.47. The van der Waals surface area contributed by atoms with Crippen molar-refractivity contribution >= 4 is 11.6 Å². The summed E-state index contributed by atoms with van der Waals surface area (Å²) in [5, 5.41) is 7.38. The molecule has 5 nitrogen and oxygen atoms in total. The Hall–Kier alpha value is -3.21. The van der Waals surface area contributed by atoms with Gasteiger partial charge in [0.25, 0.3) is 11.5 Å². The average Bonchev–Trinajstić information content (AvgIpc) is 2.65. The molecule has 0 saturated carbocycles. The van der Waals surface area contributed by atoms with Crippen molar-refractivity contribution in [3.63, 3.8) is 0 Å². The SMILES string of the molecule is Cc1ccc(NC(=O)C(C)(C)n2nc(-c3ccccc3)ccc2=O)c(C)c1. The molecule has 5 heteroatoms. The highest BCUT2D eigenvalue weighted by molar-refractivity contribution is 5.96. The summed E-state index contributed by atoms with van der Waals surface area (Å²) in [5.74, 6) is -0.297. The number of carbonyl (C=O) groups excluding carboxylic acids is 1. The number of hydrogen-bond donors (Lipinski definition) is 1. The third-order valence-corrected chi connectivity index (χ3v) is 4.59. The summed E-state index contributed by atoms with van der Waals surface area (Å²) in [6.07, 6.45) is 0. The quantitative estimate of drug-likeness (QED) is 0.766. The first-order valence-corrected chi connectivity index (χ1v) is 8.84. The van der Waals surface area contributed by atoms with E-state index in [4.69, 9.17) is 0 Å². The van der Waals surface area contributed by atoms with E-state index >= 15 is 0 Å². The number of hydrogen-bond acceptors (Lipinski definition) is 3. The first-order valence-electron chi connectivity index (χ1n) is 8.84. The zero-order valence-corrected chi connectivity index (χ0v) is 16.0. The lowest BCUT2D eigenvalue weighted by molar-refractivity contribution is -0.123. The van der Waals surface area contributed by atoms with Crippen molar-refractivity contribution in [3.8, 4) is 11.3 Å². The van der Waals surface area contributed by atoms with Crippen LogP contribution >= 0.6 is 0 Å². The van der Waals surface area contributed by atoms with E-state index in [0.717, 1.165) is 22.4 Å². The number of rotatable bonds is 4. The maximum absolute atomic E-state index is 13.0. The van der Waals surface area contributed by atoms with Gasteiger partial charge in [-0.3, -0.25) is 9.59 Å². The number of aryl methyl sites for hydroxylation is 2. The summed E-state index contributed by atoms with van der Waals surface area (Å²) in [7, 11) is 0. The van der Waals surface area contributed by atoms with E-state index in [0.29, 0.717) is 5.69 Å². The molecule has 1 amide bonds. The number of amides is 1. The second kappa shape index (κ2) is 7.19. The van der Waals surface area contributed by atoms with Crippen molar-refractivity contribution < 1.29 is 4.79 Å². The molecule has 138 valence electrons. The number of carbonyl (C=O) groups is 1. The van der Waals surface area contributed by atoms with Gasteiger partial charge >= 0.3 is 0 Å². The zero-order chi connectivity index (χ0) is 19.6. The van der Waals surface area contributed by atoms with Crippen LogP contribution in [-0.2, 0) is 10.3 Å². The fourth-order valence-electron chi connectivity index (χ4n) is 2.90. The van der Waals surface area contributed by atoms with Crippen molar-refractivity contribution in [3.05, 3.63) is 82.1 Å². The van der Waals surface area contributed by atoms with Crippen LogP contribution in [0.1, 0.15) is 25.0 Å². The van der Waals surface area contributed by atoms with Gasteiger partial charge in [0.2, 0.25) is 0 Å². The number of aromatic nitrogens is 2. The predicted molar refractivity (Wildman–Crippen MR) is 108 cm³/mol. The van der Waals surface area contributed by atoms with Gasteiger partial charge in [-0.2, -0.15) is 5.10 Å².